The van der Waals surface area contributed by atoms with Crippen LogP contribution in [0.5, 0.6) is 0 Å². The second-order valence-electron chi connectivity index (χ2n) is 7.30. The van der Waals surface area contributed by atoms with Gasteiger partial charge >= 0.3 is 0 Å². The second kappa shape index (κ2) is 6.31. The Morgan fingerprint density at radius 3 is 2.75 bits per heavy atom. The zero-order valence-electron chi connectivity index (χ0n) is 14.8. The standard InChI is InChI=1S/C18H27N5O/c1-13-19-17-6-9-21(14(2)24)8-5-16(17)18(20-13)23-11-10-22-7-3-4-15(22)12-23/h15H,3-12H2,1-2H3/t15-/m1/s1. The number of hydrogen-bond acceptors (Lipinski definition) is 5. The Morgan fingerprint density at radius 2 is 1.92 bits per heavy atom. The Bertz CT molecular complexity index is 647. The fourth-order valence-corrected chi connectivity index (χ4v) is 4.46. The third-order valence-corrected chi connectivity index (χ3v) is 5.77. The van der Waals surface area contributed by atoms with Gasteiger partial charge in [-0.3, -0.25) is 9.69 Å². The van der Waals surface area contributed by atoms with E-state index in [1.54, 1.807) is 6.92 Å². The topological polar surface area (TPSA) is 52.6 Å². The fourth-order valence-electron chi connectivity index (χ4n) is 4.46. The van der Waals surface area contributed by atoms with Crippen LogP contribution in [0, 0.1) is 6.92 Å². The van der Waals surface area contributed by atoms with E-state index in [-0.39, 0.29) is 5.91 Å². The van der Waals surface area contributed by atoms with Crippen LogP contribution in [-0.4, -0.2) is 71.0 Å². The minimum absolute atomic E-state index is 0.161. The summed E-state index contributed by atoms with van der Waals surface area (Å²) in [6, 6.07) is 0.684. The first-order chi connectivity index (χ1) is 11.6. The molecule has 6 nitrogen and oxygen atoms in total. The molecule has 1 aromatic heterocycles. The molecule has 24 heavy (non-hydrogen) atoms. The molecular weight excluding hydrogens is 302 g/mol. The normalized spacial score (nSPS) is 24.5. The monoisotopic (exact) mass is 329 g/mol. The average Bonchev–Trinajstić information content (AvgIpc) is 2.92. The molecule has 6 heteroatoms. The van der Waals surface area contributed by atoms with Crippen molar-refractivity contribution in [3.05, 3.63) is 17.1 Å². The van der Waals surface area contributed by atoms with Gasteiger partial charge in [0, 0.05) is 57.7 Å². The molecule has 1 atom stereocenters. The van der Waals surface area contributed by atoms with Crippen molar-refractivity contribution in [3.8, 4) is 0 Å². The summed E-state index contributed by atoms with van der Waals surface area (Å²) in [7, 11) is 0. The zero-order chi connectivity index (χ0) is 16.7. The van der Waals surface area contributed by atoms with Gasteiger partial charge in [0.25, 0.3) is 0 Å². The lowest BCUT2D eigenvalue weighted by Crippen LogP contribution is -2.50. The van der Waals surface area contributed by atoms with E-state index in [4.69, 9.17) is 9.97 Å². The van der Waals surface area contributed by atoms with Crippen molar-refractivity contribution in [2.45, 2.75) is 45.6 Å². The molecule has 0 N–H and O–H groups in total. The summed E-state index contributed by atoms with van der Waals surface area (Å²) in [5.41, 5.74) is 2.42. The summed E-state index contributed by atoms with van der Waals surface area (Å²) >= 11 is 0. The van der Waals surface area contributed by atoms with Gasteiger partial charge in [0.1, 0.15) is 11.6 Å². The highest BCUT2D eigenvalue weighted by Gasteiger charge is 2.33. The molecule has 0 aromatic carbocycles. The van der Waals surface area contributed by atoms with Crippen LogP contribution in [-0.2, 0) is 17.6 Å². The van der Waals surface area contributed by atoms with Crippen LogP contribution in [0.1, 0.15) is 36.8 Å². The van der Waals surface area contributed by atoms with Gasteiger partial charge in [-0.2, -0.15) is 0 Å². The van der Waals surface area contributed by atoms with E-state index in [0.717, 1.165) is 62.9 Å². The fraction of sp³-hybridized carbons (Fsp3) is 0.722. The first-order valence-corrected chi connectivity index (χ1v) is 9.22. The first-order valence-electron chi connectivity index (χ1n) is 9.22. The molecule has 3 aliphatic heterocycles. The minimum Gasteiger partial charge on any atom is -0.353 e. The number of carbonyl (C=O) groups is 1. The Labute approximate surface area is 143 Å². The number of rotatable bonds is 1. The average molecular weight is 329 g/mol. The summed E-state index contributed by atoms with van der Waals surface area (Å²) < 4.78 is 0. The molecule has 2 saturated heterocycles. The summed E-state index contributed by atoms with van der Waals surface area (Å²) in [6.07, 6.45) is 4.35. The molecule has 0 unspecified atom stereocenters. The van der Waals surface area contributed by atoms with E-state index in [2.05, 4.69) is 9.80 Å². The van der Waals surface area contributed by atoms with Crippen LogP contribution in [0.4, 0.5) is 5.82 Å². The lowest BCUT2D eigenvalue weighted by Gasteiger charge is -2.39. The number of hydrogen-bond donors (Lipinski definition) is 0. The summed E-state index contributed by atoms with van der Waals surface area (Å²) in [6.45, 7) is 9.74. The maximum absolute atomic E-state index is 11.8. The van der Waals surface area contributed by atoms with E-state index in [1.807, 2.05) is 11.8 Å². The predicted molar refractivity (Wildman–Crippen MR) is 93.2 cm³/mol. The van der Waals surface area contributed by atoms with Gasteiger partial charge in [0.2, 0.25) is 5.91 Å². The van der Waals surface area contributed by atoms with Gasteiger partial charge in [-0.1, -0.05) is 0 Å². The Kier molecular flexibility index (Phi) is 4.16. The van der Waals surface area contributed by atoms with Crippen LogP contribution >= 0.6 is 0 Å². The number of amides is 1. The van der Waals surface area contributed by atoms with Crippen molar-refractivity contribution >= 4 is 11.7 Å². The molecular formula is C18H27N5O. The molecule has 3 aliphatic rings. The van der Waals surface area contributed by atoms with Crippen molar-refractivity contribution in [2.75, 3.05) is 44.2 Å². The largest absolute Gasteiger partial charge is 0.353 e. The zero-order valence-corrected chi connectivity index (χ0v) is 14.8. The van der Waals surface area contributed by atoms with Crippen LogP contribution in [0.2, 0.25) is 0 Å². The summed E-state index contributed by atoms with van der Waals surface area (Å²) in [5, 5.41) is 0. The third-order valence-electron chi connectivity index (χ3n) is 5.77. The highest BCUT2D eigenvalue weighted by Crippen LogP contribution is 2.29. The van der Waals surface area contributed by atoms with Crippen LogP contribution in [0.3, 0.4) is 0 Å². The first kappa shape index (κ1) is 15.8. The Morgan fingerprint density at radius 1 is 1.08 bits per heavy atom. The van der Waals surface area contributed by atoms with E-state index in [9.17, 15) is 4.79 Å². The Hall–Kier alpha value is -1.69. The lowest BCUT2D eigenvalue weighted by molar-refractivity contribution is -0.128. The van der Waals surface area contributed by atoms with Gasteiger partial charge in [0.15, 0.2) is 0 Å². The maximum Gasteiger partial charge on any atom is 0.219 e. The van der Waals surface area contributed by atoms with Gasteiger partial charge in [-0.15, -0.1) is 0 Å². The molecule has 1 aromatic rings. The maximum atomic E-state index is 11.8. The van der Waals surface area contributed by atoms with Crippen molar-refractivity contribution in [3.63, 3.8) is 0 Å². The van der Waals surface area contributed by atoms with Crippen LogP contribution in [0.25, 0.3) is 0 Å². The molecule has 0 aliphatic carbocycles. The van der Waals surface area contributed by atoms with E-state index < -0.39 is 0 Å². The van der Waals surface area contributed by atoms with Gasteiger partial charge in [-0.05, 0) is 32.7 Å². The van der Waals surface area contributed by atoms with Gasteiger partial charge in [-0.25, -0.2) is 9.97 Å². The number of aryl methyl sites for hydroxylation is 1. The van der Waals surface area contributed by atoms with Gasteiger partial charge < -0.3 is 9.80 Å². The molecule has 0 bridgehead atoms. The molecule has 0 spiro atoms. The molecule has 130 valence electrons. The molecule has 0 saturated carbocycles. The van der Waals surface area contributed by atoms with Crippen molar-refractivity contribution < 1.29 is 4.79 Å². The van der Waals surface area contributed by atoms with Crippen LogP contribution in [0.15, 0.2) is 0 Å². The van der Waals surface area contributed by atoms with Gasteiger partial charge in [0.05, 0.1) is 5.69 Å². The molecule has 4 heterocycles. The van der Waals surface area contributed by atoms with Crippen LogP contribution < -0.4 is 4.90 Å². The summed E-state index contributed by atoms with van der Waals surface area (Å²) in [5.74, 6) is 2.15. The molecule has 2 fully saturated rings. The SMILES string of the molecule is CC(=O)N1CCc2nc(C)nc(N3CCN4CCC[C@@H]4C3)c2CC1. The third kappa shape index (κ3) is 2.88. The number of anilines is 1. The van der Waals surface area contributed by atoms with Crippen molar-refractivity contribution in [1.82, 2.24) is 19.8 Å². The number of nitrogens with zero attached hydrogens (tertiary/aromatic N) is 5. The van der Waals surface area contributed by atoms with Crippen molar-refractivity contribution in [1.29, 1.82) is 0 Å². The summed E-state index contributed by atoms with van der Waals surface area (Å²) in [4.78, 5) is 28.3. The number of aromatic nitrogens is 2. The number of piperazine rings is 1. The van der Waals surface area contributed by atoms with Crippen molar-refractivity contribution in [2.24, 2.45) is 0 Å². The lowest BCUT2D eigenvalue weighted by atomic mass is 10.1. The van der Waals surface area contributed by atoms with E-state index >= 15 is 0 Å². The minimum atomic E-state index is 0.161. The second-order valence-corrected chi connectivity index (χ2v) is 7.30. The Balaban J connectivity index is 1.62. The number of fused-ring (bicyclic) bond motifs is 2. The smallest absolute Gasteiger partial charge is 0.219 e. The molecule has 4 rings (SSSR count). The number of carbonyl (C=O) groups excluding carboxylic acids is 1. The highest BCUT2D eigenvalue weighted by molar-refractivity contribution is 5.73. The molecule has 0 radical (unpaired) electrons. The predicted octanol–water partition coefficient (Wildman–Crippen LogP) is 1.02. The quantitative estimate of drug-likeness (QED) is 0.770. The highest BCUT2D eigenvalue weighted by atomic mass is 16.2. The van der Waals surface area contributed by atoms with E-state index in [1.165, 1.54) is 24.9 Å². The van der Waals surface area contributed by atoms with E-state index in [0.29, 0.717) is 6.04 Å². The molecule has 1 amide bonds.